The number of aryl methyl sites for hydroxylation is 1. The van der Waals surface area contributed by atoms with Crippen molar-refractivity contribution >= 4 is 22.6 Å². The average Bonchev–Trinajstić information content (AvgIpc) is 2.66. The Morgan fingerprint density at radius 2 is 2.05 bits per heavy atom. The summed E-state index contributed by atoms with van der Waals surface area (Å²) in [7, 11) is 0. The molecular formula is C16H22ClFN2. The highest BCUT2D eigenvalue weighted by atomic mass is 35.5. The molecule has 0 spiro atoms. The maximum absolute atomic E-state index is 13.3. The largest absolute Gasteiger partial charge is 0.328 e. The van der Waals surface area contributed by atoms with Crippen LogP contribution in [0.1, 0.15) is 33.5 Å². The van der Waals surface area contributed by atoms with Gasteiger partial charge in [0.25, 0.3) is 0 Å². The standard InChI is InChI=1S/C16H22ClFN2/c1-11(16(2,3)4)10-20-14-6-5-12(18)9-13(14)19-15(20)7-8-17/h5-6,9,11H,7-8,10H2,1-4H3. The summed E-state index contributed by atoms with van der Waals surface area (Å²) < 4.78 is 15.5. The molecule has 0 aliphatic rings. The topological polar surface area (TPSA) is 17.8 Å². The van der Waals surface area contributed by atoms with Gasteiger partial charge in [0.2, 0.25) is 0 Å². The first-order valence-electron chi connectivity index (χ1n) is 7.03. The van der Waals surface area contributed by atoms with Crippen molar-refractivity contribution < 1.29 is 4.39 Å². The van der Waals surface area contributed by atoms with Crippen LogP contribution in [0.3, 0.4) is 0 Å². The van der Waals surface area contributed by atoms with Gasteiger partial charge in [-0.15, -0.1) is 11.6 Å². The lowest BCUT2D eigenvalue weighted by Crippen LogP contribution is -2.23. The van der Waals surface area contributed by atoms with E-state index in [2.05, 4.69) is 37.2 Å². The molecule has 0 aliphatic carbocycles. The summed E-state index contributed by atoms with van der Waals surface area (Å²) in [6, 6.07) is 4.79. The first kappa shape index (κ1) is 15.3. The number of benzene rings is 1. The molecule has 0 radical (unpaired) electrons. The maximum Gasteiger partial charge on any atom is 0.125 e. The van der Waals surface area contributed by atoms with Crippen molar-refractivity contribution in [2.75, 3.05) is 5.88 Å². The van der Waals surface area contributed by atoms with Gasteiger partial charge >= 0.3 is 0 Å². The monoisotopic (exact) mass is 296 g/mol. The summed E-state index contributed by atoms with van der Waals surface area (Å²) in [6.45, 7) is 9.81. The van der Waals surface area contributed by atoms with E-state index in [1.807, 2.05) is 6.07 Å². The number of imidazole rings is 1. The Bertz CT molecular complexity index is 598. The molecule has 2 aromatic rings. The number of alkyl halides is 1. The van der Waals surface area contributed by atoms with Crippen LogP contribution in [0, 0.1) is 17.2 Å². The minimum atomic E-state index is -0.247. The van der Waals surface area contributed by atoms with Crippen molar-refractivity contribution in [3.8, 4) is 0 Å². The molecule has 0 aliphatic heterocycles. The zero-order chi connectivity index (χ0) is 14.9. The molecule has 0 amide bonds. The van der Waals surface area contributed by atoms with Gasteiger partial charge in [-0.2, -0.15) is 0 Å². The quantitative estimate of drug-likeness (QED) is 0.752. The van der Waals surface area contributed by atoms with Gasteiger partial charge in [-0.25, -0.2) is 9.37 Å². The number of fused-ring (bicyclic) bond motifs is 1. The van der Waals surface area contributed by atoms with Crippen molar-refractivity contribution in [1.82, 2.24) is 9.55 Å². The number of hydrogen-bond donors (Lipinski definition) is 0. The molecule has 0 saturated heterocycles. The second-order valence-corrected chi connectivity index (χ2v) is 6.86. The van der Waals surface area contributed by atoms with E-state index in [4.69, 9.17) is 11.6 Å². The molecular weight excluding hydrogens is 275 g/mol. The number of hydrogen-bond acceptors (Lipinski definition) is 1. The third-order valence-corrected chi connectivity index (χ3v) is 4.23. The lowest BCUT2D eigenvalue weighted by molar-refractivity contribution is 0.233. The Kier molecular flexibility index (Phi) is 4.38. The molecule has 4 heteroatoms. The van der Waals surface area contributed by atoms with Crippen LogP contribution in [-0.4, -0.2) is 15.4 Å². The van der Waals surface area contributed by atoms with Gasteiger partial charge in [0.15, 0.2) is 0 Å². The SMILES string of the molecule is CC(Cn1c(CCCl)nc2cc(F)ccc21)C(C)(C)C. The Balaban J connectivity index is 2.46. The van der Waals surface area contributed by atoms with E-state index in [0.29, 0.717) is 23.7 Å². The molecule has 20 heavy (non-hydrogen) atoms. The highest BCUT2D eigenvalue weighted by Gasteiger charge is 2.22. The molecule has 0 saturated carbocycles. The van der Waals surface area contributed by atoms with Crippen molar-refractivity contribution in [3.63, 3.8) is 0 Å². The van der Waals surface area contributed by atoms with E-state index in [1.54, 1.807) is 0 Å². The lowest BCUT2D eigenvalue weighted by atomic mass is 9.82. The predicted octanol–water partition coefficient (Wildman–Crippen LogP) is 4.64. The Hall–Kier alpha value is -1.09. The first-order chi connectivity index (χ1) is 9.32. The second-order valence-electron chi connectivity index (χ2n) is 6.48. The van der Waals surface area contributed by atoms with Crippen LogP contribution in [0.4, 0.5) is 4.39 Å². The minimum absolute atomic E-state index is 0.217. The van der Waals surface area contributed by atoms with E-state index in [1.165, 1.54) is 12.1 Å². The molecule has 1 unspecified atom stereocenters. The van der Waals surface area contributed by atoms with Crippen LogP contribution in [-0.2, 0) is 13.0 Å². The summed E-state index contributed by atoms with van der Waals surface area (Å²) in [4.78, 5) is 4.54. The molecule has 2 rings (SSSR count). The minimum Gasteiger partial charge on any atom is -0.328 e. The highest BCUT2D eigenvalue weighted by molar-refractivity contribution is 6.17. The third-order valence-electron chi connectivity index (χ3n) is 4.04. The maximum atomic E-state index is 13.3. The molecule has 0 N–H and O–H groups in total. The highest BCUT2D eigenvalue weighted by Crippen LogP contribution is 2.29. The summed E-state index contributed by atoms with van der Waals surface area (Å²) in [5.41, 5.74) is 1.92. The van der Waals surface area contributed by atoms with E-state index < -0.39 is 0 Å². The summed E-state index contributed by atoms with van der Waals surface area (Å²) in [5.74, 6) is 1.70. The van der Waals surface area contributed by atoms with Crippen molar-refractivity contribution in [1.29, 1.82) is 0 Å². The molecule has 1 aromatic carbocycles. The lowest BCUT2D eigenvalue weighted by Gasteiger charge is -2.28. The number of rotatable bonds is 4. The fourth-order valence-electron chi connectivity index (χ4n) is 2.18. The van der Waals surface area contributed by atoms with Crippen LogP contribution in [0.25, 0.3) is 11.0 Å². The van der Waals surface area contributed by atoms with Crippen LogP contribution >= 0.6 is 11.6 Å². The van der Waals surface area contributed by atoms with E-state index in [9.17, 15) is 4.39 Å². The molecule has 110 valence electrons. The first-order valence-corrected chi connectivity index (χ1v) is 7.57. The summed E-state index contributed by atoms with van der Waals surface area (Å²) in [6.07, 6.45) is 0.703. The van der Waals surface area contributed by atoms with Gasteiger partial charge in [-0.3, -0.25) is 0 Å². The van der Waals surface area contributed by atoms with Crippen molar-refractivity contribution in [2.45, 2.75) is 40.7 Å². The average molecular weight is 297 g/mol. The molecule has 1 atom stereocenters. The molecule has 1 heterocycles. The Labute approximate surface area is 125 Å². The number of nitrogens with zero attached hydrogens (tertiary/aromatic N) is 2. The van der Waals surface area contributed by atoms with Crippen molar-refractivity contribution in [2.24, 2.45) is 11.3 Å². The zero-order valence-electron chi connectivity index (χ0n) is 12.6. The van der Waals surface area contributed by atoms with Gasteiger partial charge in [0, 0.05) is 24.9 Å². The molecule has 0 fully saturated rings. The van der Waals surface area contributed by atoms with Crippen LogP contribution in [0.15, 0.2) is 18.2 Å². The Morgan fingerprint density at radius 1 is 1.35 bits per heavy atom. The number of aromatic nitrogens is 2. The predicted molar refractivity (Wildman–Crippen MR) is 82.7 cm³/mol. The van der Waals surface area contributed by atoms with Crippen molar-refractivity contribution in [3.05, 3.63) is 29.8 Å². The Morgan fingerprint density at radius 3 is 2.65 bits per heavy atom. The summed E-state index contributed by atoms with van der Waals surface area (Å²) >= 11 is 5.87. The van der Waals surface area contributed by atoms with E-state index in [-0.39, 0.29) is 11.2 Å². The molecule has 2 nitrogen and oxygen atoms in total. The number of halogens is 2. The summed E-state index contributed by atoms with van der Waals surface area (Å²) in [5, 5.41) is 0. The molecule has 0 bridgehead atoms. The normalized spacial score (nSPS) is 13.9. The zero-order valence-corrected chi connectivity index (χ0v) is 13.3. The van der Waals surface area contributed by atoms with E-state index in [0.717, 1.165) is 17.9 Å². The van der Waals surface area contributed by atoms with Gasteiger partial charge < -0.3 is 4.57 Å². The van der Waals surface area contributed by atoms with Gasteiger partial charge in [0.05, 0.1) is 11.0 Å². The van der Waals surface area contributed by atoms with Gasteiger partial charge in [-0.05, 0) is 23.5 Å². The molecule has 1 aromatic heterocycles. The fourth-order valence-corrected chi connectivity index (χ4v) is 2.35. The van der Waals surface area contributed by atoms with Gasteiger partial charge in [-0.1, -0.05) is 27.7 Å². The third kappa shape index (κ3) is 3.14. The van der Waals surface area contributed by atoms with Crippen LogP contribution in [0.2, 0.25) is 0 Å². The van der Waals surface area contributed by atoms with Crippen LogP contribution < -0.4 is 0 Å². The smallest absolute Gasteiger partial charge is 0.125 e. The van der Waals surface area contributed by atoms with Gasteiger partial charge in [0.1, 0.15) is 11.6 Å². The second kappa shape index (κ2) is 5.72. The van der Waals surface area contributed by atoms with E-state index >= 15 is 0 Å². The van der Waals surface area contributed by atoms with Crippen LogP contribution in [0.5, 0.6) is 0 Å². The fraction of sp³-hybridized carbons (Fsp3) is 0.562.